The highest BCUT2D eigenvalue weighted by atomic mass is 16.6. The van der Waals surface area contributed by atoms with Gasteiger partial charge in [-0.05, 0) is 31.5 Å². The van der Waals surface area contributed by atoms with Crippen LogP contribution in [0.4, 0.5) is 11.4 Å². The van der Waals surface area contributed by atoms with Crippen LogP contribution in [0.5, 0.6) is 0 Å². The van der Waals surface area contributed by atoms with Gasteiger partial charge in [0.15, 0.2) is 0 Å². The lowest BCUT2D eigenvalue weighted by Crippen LogP contribution is -2.43. The molecule has 150 valence electrons. The first-order chi connectivity index (χ1) is 13.7. The number of non-ortho nitro benzene ring substituents is 1. The number of carbonyl (C=O) groups excluding carboxylic acids is 2. The van der Waals surface area contributed by atoms with Crippen molar-refractivity contribution in [3.8, 4) is 0 Å². The van der Waals surface area contributed by atoms with Gasteiger partial charge in [-0.25, -0.2) is 0 Å². The van der Waals surface area contributed by atoms with Crippen LogP contribution < -0.4 is 10.6 Å². The molecule has 1 atom stereocenters. The van der Waals surface area contributed by atoms with Gasteiger partial charge in [-0.3, -0.25) is 19.7 Å². The van der Waals surface area contributed by atoms with Crippen LogP contribution in [-0.2, 0) is 15.2 Å². The minimum atomic E-state index is -1.55. The molecular weight excluding hydrogens is 378 g/mol. The number of nitro benzene ring substituents is 1. The van der Waals surface area contributed by atoms with E-state index in [1.54, 1.807) is 25.1 Å². The van der Waals surface area contributed by atoms with Crippen molar-refractivity contribution >= 4 is 34.2 Å². The number of aryl methyl sites for hydroxylation is 1. The second-order valence-electron chi connectivity index (χ2n) is 6.82. The number of carbonyl (C=O) groups is 2. The standard InChI is InChI=1S/C20H19N3O6/c1-12-7-8-14(23(27)28)10-15(12)22-19(25)18(24)21-11-20(2,26)17-9-13-5-3-4-6-16(13)29-17/h3-10,26H,11H2,1-2H3,(H,21,24)(H,22,25). The third-order valence-corrected chi connectivity index (χ3v) is 4.44. The largest absolute Gasteiger partial charge is 0.458 e. The fraction of sp³-hybridized carbons (Fsp3) is 0.200. The molecule has 1 heterocycles. The number of hydrogen-bond donors (Lipinski definition) is 3. The zero-order chi connectivity index (χ0) is 21.2. The van der Waals surface area contributed by atoms with Crippen molar-refractivity contribution in [2.75, 3.05) is 11.9 Å². The van der Waals surface area contributed by atoms with Gasteiger partial charge in [0.05, 0.1) is 17.2 Å². The molecule has 0 bridgehead atoms. The van der Waals surface area contributed by atoms with Crippen LogP contribution in [0.3, 0.4) is 0 Å². The highest BCUT2D eigenvalue weighted by Gasteiger charge is 2.29. The molecule has 1 unspecified atom stereocenters. The van der Waals surface area contributed by atoms with E-state index in [-0.39, 0.29) is 23.7 Å². The summed E-state index contributed by atoms with van der Waals surface area (Å²) < 4.78 is 5.61. The Morgan fingerprint density at radius 1 is 1.17 bits per heavy atom. The summed E-state index contributed by atoms with van der Waals surface area (Å²) in [5.41, 5.74) is -0.447. The maximum atomic E-state index is 12.1. The predicted molar refractivity (Wildman–Crippen MR) is 105 cm³/mol. The number of para-hydroxylation sites is 1. The fourth-order valence-corrected chi connectivity index (χ4v) is 2.70. The Balaban J connectivity index is 1.66. The highest BCUT2D eigenvalue weighted by molar-refractivity contribution is 6.39. The predicted octanol–water partition coefficient (Wildman–Crippen LogP) is 2.61. The van der Waals surface area contributed by atoms with Gasteiger partial charge >= 0.3 is 11.8 Å². The zero-order valence-electron chi connectivity index (χ0n) is 15.8. The Bertz CT molecular complexity index is 1070. The molecule has 0 aliphatic carbocycles. The van der Waals surface area contributed by atoms with Crippen molar-refractivity contribution in [1.29, 1.82) is 0 Å². The number of nitro groups is 1. The van der Waals surface area contributed by atoms with E-state index in [9.17, 15) is 24.8 Å². The summed E-state index contributed by atoms with van der Waals surface area (Å²) in [5, 5.41) is 27.0. The summed E-state index contributed by atoms with van der Waals surface area (Å²) in [6, 6.07) is 12.8. The Kier molecular flexibility index (Phi) is 5.33. The molecule has 2 aromatic carbocycles. The number of benzene rings is 2. The molecule has 0 radical (unpaired) electrons. The first-order valence-electron chi connectivity index (χ1n) is 8.73. The molecule has 1 aromatic heterocycles. The first kappa shape index (κ1) is 20.0. The van der Waals surface area contributed by atoms with E-state index in [0.717, 1.165) is 5.39 Å². The third-order valence-electron chi connectivity index (χ3n) is 4.44. The Morgan fingerprint density at radius 3 is 2.59 bits per heavy atom. The van der Waals surface area contributed by atoms with Crippen molar-refractivity contribution in [3.63, 3.8) is 0 Å². The second-order valence-corrected chi connectivity index (χ2v) is 6.82. The van der Waals surface area contributed by atoms with Crippen LogP contribution in [0, 0.1) is 17.0 Å². The molecule has 9 nitrogen and oxygen atoms in total. The minimum absolute atomic E-state index is 0.156. The molecule has 3 rings (SSSR count). The maximum Gasteiger partial charge on any atom is 0.313 e. The summed E-state index contributed by atoms with van der Waals surface area (Å²) in [6.45, 7) is 2.82. The number of nitrogens with one attached hydrogen (secondary N) is 2. The number of rotatable bonds is 5. The highest BCUT2D eigenvalue weighted by Crippen LogP contribution is 2.27. The van der Waals surface area contributed by atoms with Gasteiger partial charge in [-0.1, -0.05) is 24.3 Å². The van der Waals surface area contributed by atoms with Crippen molar-refractivity contribution < 1.29 is 24.0 Å². The van der Waals surface area contributed by atoms with Crippen molar-refractivity contribution in [1.82, 2.24) is 5.32 Å². The smallest absolute Gasteiger partial charge is 0.313 e. The van der Waals surface area contributed by atoms with Gasteiger partial charge in [0.1, 0.15) is 16.9 Å². The molecule has 0 saturated carbocycles. The summed E-state index contributed by atoms with van der Waals surface area (Å²) in [7, 11) is 0. The summed E-state index contributed by atoms with van der Waals surface area (Å²) >= 11 is 0. The quantitative estimate of drug-likeness (QED) is 0.344. The van der Waals surface area contributed by atoms with Crippen molar-refractivity contribution in [3.05, 3.63) is 70.0 Å². The molecule has 2 amide bonds. The number of nitrogens with zero attached hydrogens (tertiary/aromatic N) is 1. The summed E-state index contributed by atoms with van der Waals surface area (Å²) in [6.07, 6.45) is 0. The van der Waals surface area contributed by atoms with Gasteiger partial charge in [-0.15, -0.1) is 0 Å². The molecule has 0 spiro atoms. The minimum Gasteiger partial charge on any atom is -0.458 e. The van der Waals surface area contributed by atoms with Crippen LogP contribution in [0.15, 0.2) is 52.9 Å². The Hall–Kier alpha value is -3.72. The molecular formula is C20H19N3O6. The maximum absolute atomic E-state index is 12.1. The Morgan fingerprint density at radius 2 is 1.90 bits per heavy atom. The van der Waals surface area contributed by atoms with Gasteiger partial charge in [0, 0.05) is 17.5 Å². The summed E-state index contributed by atoms with van der Waals surface area (Å²) in [5.74, 6) is -1.75. The van der Waals surface area contributed by atoms with Gasteiger partial charge in [0.25, 0.3) is 5.69 Å². The molecule has 29 heavy (non-hydrogen) atoms. The van der Waals surface area contributed by atoms with E-state index < -0.39 is 22.3 Å². The van der Waals surface area contributed by atoms with Crippen LogP contribution >= 0.6 is 0 Å². The topological polar surface area (TPSA) is 135 Å². The third kappa shape index (κ3) is 4.41. The van der Waals surface area contributed by atoms with Crippen LogP contribution in [0.1, 0.15) is 18.2 Å². The molecule has 3 N–H and O–H groups in total. The zero-order valence-corrected chi connectivity index (χ0v) is 15.8. The molecule has 0 aliphatic rings. The van der Waals surface area contributed by atoms with E-state index in [1.807, 2.05) is 12.1 Å². The number of fused-ring (bicyclic) bond motifs is 1. The summed E-state index contributed by atoms with van der Waals surface area (Å²) in [4.78, 5) is 34.5. The lowest BCUT2D eigenvalue weighted by molar-refractivity contribution is -0.384. The molecule has 9 heteroatoms. The Labute approximate surface area is 165 Å². The molecule has 0 fully saturated rings. The average molecular weight is 397 g/mol. The van der Waals surface area contributed by atoms with Crippen LogP contribution in [0.25, 0.3) is 11.0 Å². The van der Waals surface area contributed by atoms with E-state index in [0.29, 0.717) is 11.1 Å². The van der Waals surface area contributed by atoms with Crippen LogP contribution in [-0.4, -0.2) is 28.4 Å². The van der Waals surface area contributed by atoms with Gasteiger partial charge in [0.2, 0.25) is 0 Å². The lowest BCUT2D eigenvalue weighted by atomic mass is 10.0. The van der Waals surface area contributed by atoms with Crippen molar-refractivity contribution in [2.45, 2.75) is 19.4 Å². The SMILES string of the molecule is Cc1ccc([N+](=O)[O-])cc1NC(=O)C(=O)NCC(C)(O)c1cc2ccccc2o1. The van der Waals surface area contributed by atoms with Gasteiger partial charge in [-0.2, -0.15) is 0 Å². The van der Waals surface area contributed by atoms with E-state index in [4.69, 9.17) is 4.42 Å². The first-order valence-corrected chi connectivity index (χ1v) is 8.73. The number of furan rings is 1. The number of hydrogen-bond acceptors (Lipinski definition) is 6. The van der Waals surface area contributed by atoms with Crippen molar-refractivity contribution in [2.24, 2.45) is 0 Å². The van der Waals surface area contributed by atoms with E-state index in [1.165, 1.54) is 25.1 Å². The monoisotopic (exact) mass is 397 g/mol. The average Bonchev–Trinajstić information content (AvgIpc) is 3.13. The molecule has 0 aliphatic heterocycles. The number of amides is 2. The molecule has 3 aromatic rings. The van der Waals surface area contributed by atoms with Crippen LogP contribution in [0.2, 0.25) is 0 Å². The van der Waals surface area contributed by atoms with E-state index >= 15 is 0 Å². The molecule has 0 saturated heterocycles. The fourth-order valence-electron chi connectivity index (χ4n) is 2.70. The van der Waals surface area contributed by atoms with E-state index in [2.05, 4.69) is 10.6 Å². The normalized spacial score (nSPS) is 12.9. The number of anilines is 1. The lowest BCUT2D eigenvalue weighted by Gasteiger charge is -2.21. The number of aliphatic hydroxyl groups is 1. The van der Waals surface area contributed by atoms with Gasteiger partial charge < -0.3 is 20.2 Å². The second kappa shape index (κ2) is 7.72.